The van der Waals surface area contributed by atoms with E-state index in [-0.39, 0.29) is 23.6 Å². The van der Waals surface area contributed by atoms with Crippen molar-refractivity contribution in [2.75, 3.05) is 13.7 Å². The lowest BCUT2D eigenvalue weighted by atomic mass is 9.93. The predicted molar refractivity (Wildman–Crippen MR) is 135 cm³/mol. The molecule has 35 heavy (non-hydrogen) atoms. The van der Waals surface area contributed by atoms with E-state index in [9.17, 15) is 19.8 Å². The van der Waals surface area contributed by atoms with Crippen molar-refractivity contribution in [3.8, 4) is 11.5 Å². The fraction of sp³-hybridized carbons (Fsp3) is 0.214. The lowest BCUT2D eigenvalue weighted by Crippen LogP contribution is -2.31. The smallest absolute Gasteiger partial charge is 0.295 e. The summed E-state index contributed by atoms with van der Waals surface area (Å²) in [5, 5.41) is 22.2. The molecule has 4 rings (SSSR count). The molecule has 3 aromatic rings. The molecular formula is C28H26ClNO5. The van der Waals surface area contributed by atoms with Crippen molar-refractivity contribution >= 4 is 29.1 Å². The number of phenolic OH excluding ortho intramolecular Hbond substituents is 1. The number of methoxy groups -OCH3 is 1. The van der Waals surface area contributed by atoms with Crippen molar-refractivity contribution < 1.29 is 24.5 Å². The van der Waals surface area contributed by atoms with Gasteiger partial charge in [-0.25, -0.2) is 0 Å². The molecule has 1 amide bonds. The minimum Gasteiger partial charge on any atom is -0.508 e. The summed E-state index contributed by atoms with van der Waals surface area (Å²) < 4.78 is 5.52. The molecule has 2 N–H and O–H groups in total. The number of hydrogen-bond donors (Lipinski definition) is 2. The summed E-state index contributed by atoms with van der Waals surface area (Å²) in [5.41, 5.74) is 3.42. The van der Waals surface area contributed by atoms with Gasteiger partial charge < -0.3 is 19.8 Å². The van der Waals surface area contributed by atoms with Crippen LogP contribution in [0.2, 0.25) is 5.02 Å². The van der Waals surface area contributed by atoms with Gasteiger partial charge in [0.05, 0.1) is 24.3 Å². The molecule has 0 spiro atoms. The van der Waals surface area contributed by atoms with Crippen LogP contribution in [0.3, 0.4) is 0 Å². The van der Waals surface area contributed by atoms with Crippen molar-refractivity contribution in [3.63, 3.8) is 0 Å². The summed E-state index contributed by atoms with van der Waals surface area (Å²) in [4.78, 5) is 27.9. The third kappa shape index (κ3) is 4.75. The Balaban J connectivity index is 1.85. The molecule has 1 aliphatic rings. The summed E-state index contributed by atoms with van der Waals surface area (Å²) in [6.07, 6.45) is 0.479. The Kier molecular flexibility index (Phi) is 6.85. The Morgan fingerprint density at radius 1 is 1.06 bits per heavy atom. The summed E-state index contributed by atoms with van der Waals surface area (Å²) in [6, 6.07) is 16.4. The van der Waals surface area contributed by atoms with Gasteiger partial charge in [-0.3, -0.25) is 9.59 Å². The van der Waals surface area contributed by atoms with Gasteiger partial charge in [0.25, 0.3) is 11.7 Å². The average Bonchev–Trinajstić information content (AvgIpc) is 3.07. The number of hydrogen-bond acceptors (Lipinski definition) is 5. The number of amides is 1. The summed E-state index contributed by atoms with van der Waals surface area (Å²) in [7, 11) is 1.49. The van der Waals surface area contributed by atoms with E-state index in [1.807, 2.05) is 32.0 Å². The maximum Gasteiger partial charge on any atom is 0.295 e. The molecule has 0 bridgehead atoms. The van der Waals surface area contributed by atoms with E-state index < -0.39 is 17.7 Å². The molecule has 1 atom stereocenters. The molecule has 7 heteroatoms. The zero-order chi connectivity index (χ0) is 25.3. The number of aromatic hydroxyl groups is 1. The number of phenols is 1. The molecule has 0 radical (unpaired) electrons. The number of aliphatic hydroxyl groups excluding tert-OH is 1. The molecule has 1 saturated heterocycles. The van der Waals surface area contributed by atoms with Crippen molar-refractivity contribution in [2.24, 2.45) is 0 Å². The van der Waals surface area contributed by atoms with Crippen LogP contribution in [0.4, 0.5) is 0 Å². The van der Waals surface area contributed by atoms with E-state index in [2.05, 4.69) is 0 Å². The first-order chi connectivity index (χ1) is 16.7. The van der Waals surface area contributed by atoms with E-state index >= 15 is 0 Å². The number of nitrogens with zero attached hydrogens (tertiary/aromatic N) is 1. The van der Waals surface area contributed by atoms with Crippen molar-refractivity contribution in [2.45, 2.75) is 26.3 Å². The van der Waals surface area contributed by atoms with Gasteiger partial charge in [0.2, 0.25) is 0 Å². The summed E-state index contributed by atoms with van der Waals surface area (Å²) in [5.74, 6) is -1.38. The van der Waals surface area contributed by atoms with Gasteiger partial charge in [-0.15, -0.1) is 0 Å². The quantitative estimate of drug-likeness (QED) is 0.276. The van der Waals surface area contributed by atoms with Crippen LogP contribution in [0.25, 0.3) is 5.76 Å². The Labute approximate surface area is 209 Å². The SMILES string of the molecule is COc1c(C)cc(C)cc1/C(O)=C1\C(=O)C(=O)N(CCc2ccc(Cl)cc2)C1c1cccc(O)c1. The molecule has 1 fully saturated rings. The van der Waals surface area contributed by atoms with Crippen LogP contribution < -0.4 is 4.74 Å². The van der Waals surface area contributed by atoms with Crippen molar-refractivity contribution in [1.82, 2.24) is 4.90 Å². The fourth-order valence-corrected chi connectivity index (χ4v) is 4.72. The van der Waals surface area contributed by atoms with Crippen LogP contribution in [0.1, 0.15) is 33.9 Å². The maximum atomic E-state index is 13.3. The molecular weight excluding hydrogens is 466 g/mol. The number of carbonyl (C=O) groups excluding carboxylic acids is 2. The highest BCUT2D eigenvalue weighted by atomic mass is 35.5. The second-order valence-electron chi connectivity index (χ2n) is 8.63. The van der Waals surface area contributed by atoms with E-state index in [4.69, 9.17) is 16.3 Å². The van der Waals surface area contributed by atoms with E-state index in [1.165, 1.54) is 24.1 Å². The molecule has 1 heterocycles. The minimum absolute atomic E-state index is 0.00484. The third-order valence-corrected chi connectivity index (χ3v) is 6.41. The molecule has 6 nitrogen and oxygen atoms in total. The molecule has 180 valence electrons. The Morgan fingerprint density at radius 3 is 2.43 bits per heavy atom. The van der Waals surface area contributed by atoms with Gasteiger partial charge in [0, 0.05) is 11.6 Å². The van der Waals surface area contributed by atoms with Crippen LogP contribution in [0.15, 0.2) is 66.2 Å². The first-order valence-electron chi connectivity index (χ1n) is 11.2. The third-order valence-electron chi connectivity index (χ3n) is 6.16. The monoisotopic (exact) mass is 491 g/mol. The Morgan fingerprint density at radius 2 is 1.77 bits per heavy atom. The zero-order valence-corrected chi connectivity index (χ0v) is 20.5. The van der Waals surface area contributed by atoms with Gasteiger partial charge in [-0.2, -0.15) is 0 Å². The summed E-state index contributed by atoms with van der Waals surface area (Å²) in [6.45, 7) is 3.95. The standard InChI is InChI=1S/C28H26ClNO5/c1-16-13-17(2)27(35-3)22(14-16)25(32)23-24(19-5-4-6-21(31)15-19)30(28(34)26(23)33)12-11-18-7-9-20(29)10-8-18/h4-10,13-15,24,31-32H,11-12H2,1-3H3/b25-23+. The van der Waals surface area contributed by atoms with Gasteiger partial charge in [-0.1, -0.05) is 41.9 Å². The van der Waals surface area contributed by atoms with Crippen LogP contribution in [0, 0.1) is 13.8 Å². The molecule has 0 saturated carbocycles. The van der Waals surface area contributed by atoms with Crippen molar-refractivity contribution in [3.05, 3.63) is 99.1 Å². The highest BCUT2D eigenvalue weighted by Gasteiger charge is 2.46. The lowest BCUT2D eigenvalue weighted by molar-refractivity contribution is -0.139. The van der Waals surface area contributed by atoms with E-state index in [1.54, 1.807) is 30.3 Å². The van der Waals surface area contributed by atoms with E-state index in [0.29, 0.717) is 28.3 Å². The van der Waals surface area contributed by atoms with Gasteiger partial charge in [0.15, 0.2) is 0 Å². The first-order valence-corrected chi connectivity index (χ1v) is 11.6. The van der Waals surface area contributed by atoms with E-state index in [0.717, 1.165) is 16.7 Å². The largest absolute Gasteiger partial charge is 0.508 e. The van der Waals surface area contributed by atoms with Gasteiger partial charge in [-0.05, 0) is 72.9 Å². The lowest BCUT2D eigenvalue weighted by Gasteiger charge is -2.26. The highest BCUT2D eigenvalue weighted by molar-refractivity contribution is 6.46. The zero-order valence-electron chi connectivity index (χ0n) is 19.7. The number of Topliss-reactive ketones (excluding diaryl/α,β-unsaturated/α-hetero) is 1. The van der Waals surface area contributed by atoms with Crippen LogP contribution in [-0.4, -0.2) is 40.5 Å². The number of aryl methyl sites for hydroxylation is 2. The number of carbonyl (C=O) groups is 2. The Bertz CT molecular complexity index is 1330. The number of ketones is 1. The second-order valence-corrected chi connectivity index (χ2v) is 9.06. The number of rotatable bonds is 6. The molecule has 0 aliphatic carbocycles. The summed E-state index contributed by atoms with van der Waals surface area (Å²) >= 11 is 5.98. The molecule has 1 aliphatic heterocycles. The first kappa shape index (κ1) is 24.4. The van der Waals surface area contributed by atoms with Crippen LogP contribution >= 0.6 is 11.6 Å². The topological polar surface area (TPSA) is 87.1 Å². The van der Waals surface area contributed by atoms with Crippen LogP contribution in [-0.2, 0) is 16.0 Å². The predicted octanol–water partition coefficient (Wildman–Crippen LogP) is 5.34. The number of ether oxygens (including phenoxy) is 1. The van der Waals surface area contributed by atoms with Crippen LogP contribution in [0.5, 0.6) is 11.5 Å². The maximum absolute atomic E-state index is 13.3. The average molecular weight is 492 g/mol. The Hall–Kier alpha value is -3.77. The normalized spacial score (nSPS) is 17.1. The second kappa shape index (κ2) is 9.84. The number of benzene rings is 3. The molecule has 0 aromatic heterocycles. The number of aliphatic hydroxyl groups is 1. The number of likely N-dealkylation sites (tertiary alicyclic amines) is 1. The van der Waals surface area contributed by atoms with Gasteiger partial charge >= 0.3 is 0 Å². The highest BCUT2D eigenvalue weighted by Crippen LogP contribution is 2.42. The molecule has 3 aromatic carbocycles. The molecule has 1 unspecified atom stereocenters. The fourth-order valence-electron chi connectivity index (χ4n) is 4.60. The number of halogens is 1. The minimum atomic E-state index is -0.875. The van der Waals surface area contributed by atoms with Crippen molar-refractivity contribution in [1.29, 1.82) is 0 Å². The van der Waals surface area contributed by atoms with Gasteiger partial charge in [0.1, 0.15) is 17.3 Å².